The molecule has 342 valence electrons. The molecule has 0 radical (unpaired) electrons. The Morgan fingerprint density at radius 2 is 1.16 bits per heavy atom. The summed E-state index contributed by atoms with van der Waals surface area (Å²) >= 11 is 0. The van der Waals surface area contributed by atoms with E-state index in [-0.39, 0.29) is 43.2 Å². The van der Waals surface area contributed by atoms with E-state index < -0.39 is 65.1 Å². The lowest BCUT2D eigenvalue weighted by Crippen LogP contribution is -2.51. The number of nitrogens with zero attached hydrogens (tertiary/aromatic N) is 3. The molecule has 5 fully saturated rings. The van der Waals surface area contributed by atoms with Gasteiger partial charge in [0.25, 0.3) is 0 Å². The van der Waals surface area contributed by atoms with Crippen LogP contribution < -0.4 is 34.0 Å². The molecule has 2 aromatic rings. The normalized spacial score (nSPS) is 28.9. The summed E-state index contributed by atoms with van der Waals surface area (Å²) < 4.78 is 5.79. The van der Waals surface area contributed by atoms with Crippen molar-refractivity contribution in [2.75, 3.05) is 32.7 Å². The van der Waals surface area contributed by atoms with Crippen LogP contribution in [0.5, 0.6) is 0 Å². The molecule has 2 aromatic carbocycles. The largest absolute Gasteiger partial charge is 0.426 e. The number of benzene rings is 2. The minimum atomic E-state index is -1.36. The Bertz CT molecular complexity index is 2020. The van der Waals surface area contributed by atoms with Crippen LogP contribution in [0.4, 0.5) is 4.79 Å². The first kappa shape index (κ1) is 45.9. The summed E-state index contributed by atoms with van der Waals surface area (Å²) in [6.07, 6.45) is 3.98. The molecular formula is C46H65N9O8. The fourth-order valence-electron chi connectivity index (χ4n) is 11.1. The van der Waals surface area contributed by atoms with Crippen LogP contribution in [-0.2, 0) is 46.1 Å². The van der Waals surface area contributed by atoms with Crippen molar-refractivity contribution in [1.29, 1.82) is 0 Å². The molecule has 17 heteroatoms. The zero-order chi connectivity index (χ0) is 45.1. The number of carbonyl (C=O) groups is 6. The van der Waals surface area contributed by atoms with Crippen molar-refractivity contribution in [3.05, 3.63) is 70.8 Å². The van der Waals surface area contributed by atoms with Crippen molar-refractivity contribution in [2.45, 2.75) is 131 Å². The molecule has 1 unspecified atom stereocenters. The molecule has 2 aliphatic carbocycles. The van der Waals surface area contributed by atoms with Crippen LogP contribution in [0.2, 0.25) is 0 Å². The van der Waals surface area contributed by atoms with Crippen LogP contribution in [0, 0.1) is 11.8 Å². The lowest BCUT2D eigenvalue weighted by atomic mass is 9.64. The van der Waals surface area contributed by atoms with Gasteiger partial charge in [0, 0.05) is 44.7 Å². The summed E-state index contributed by atoms with van der Waals surface area (Å²) in [6, 6.07) is 11.7. The quantitative estimate of drug-likeness (QED) is 0.141. The van der Waals surface area contributed by atoms with Gasteiger partial charge >= 0.3 is 6.09 Å². The highest BCUT2D eigenvalue weighted by Gasteiger charge is 2.48. The molecule has 63 heavy (non-hydrogen) atoms. The van der Waals surface area contributed by atoms with E-state index in [1.165, 1.54) is 0 Å². The van der Waals surface area contributed by atoms with E-state index in [1.807, 2.05) is 28.0 Å². The van der Waals surface area contributed by atoms with Gasteiger partial charge < -0.3 is 47.9 Å². The highest BCUT2D eigenvalue weighted by atomic mass is 16.6. The van der Waals surface area contributed by atoms with Crippen molar-refractivity contribution in [3.63, 3.8) is 0 Å². The van der Waals surface area contributed by atoms with E-state index in [0.717, 1.165) is 30.6 Å². The molecule has 5 atom stereocenters. The molecule has 0 aromatic heterocycles. The van der Waals surface area contributed by atoms with Crippen LogP contribution in [0.1, 0.15) is 112 Å². The maximum atomic E-state index is 13.9. The van der Waals surface area contributed by atoms with Gasteiger partial charge in [-0.1, -0.05) is 48.5 Å². The Balaban J connectivity index is 0.997. The Morgan fingerprint density at radius 1 is 0.698 bits per heavy atom. The average Bonchev–Trinajstić information content (AvgIpc) is 4.11. The second kappa shape index (κ2) is 19.3. The summed E-state index contributed by atoms with van der Waals surface area (Å²) in [5, 5.41) is 13.6. The van der Waals surface area contributed by atoms with E-state index in [4.69, 9.17) is 33.4 Å². The molecule has 3 aliphatic heterocycles. The van der Waals surface area contributed by atoms with Gasteiger partial charge in [0.15, 0.2) is 6.23 Å². The van der Waals surface area contributed by atoms with Crippen molar-refractivity contribution < 1.29 is 38.6 Å². The molecule has 7 rings (SSSR count). The third-order valence-corrected chi connectivity index (χ3v) is 14.9. The molecule has 0 spiro atoms. The highest BCUT2D eigenvalue weighted by Crippen LogP contribution is 2.46. The average molecular weight is 872 g/mol. The lowest BCUT2D eigenvalue weighted by molar-refractivity contribution is -0.134. The summed E-state index contributed by atoms with van der Waals surface area (Å²) in [5.41, 5.74) is 31.9. The number of aliphatic hydroxyl groups excluding tert-OH is 1. The molecule has 2 saturated carbocycles. The van der Waals surface area contributed by atoms with E-state index in [2.05, 4.69) is 5.32 Å². The molecule has 3 saturated heterocycles. The number of β-amino-alcohol motifs (C(OH)–C–C–N with tert-alkyl or cyclic N) is 1. The Hall–Kier alpha value is -5.10. The van der Waals surface area contributed by atoms with Gasteiger partial charge in [-0.25, -0.2) is 4.79 Å². The van der Waals surface area contributed by atoms with Gasteiger partial charge in [0.1, 0.15) is 6.04 Å². The number of rotatable bonds is 13. The monoisotopic (exact) mass is 871 g/mol. The van der Waals surface area contributed by atoms with Crippen LogP contribution in [-0.4, -0.2) is 112 Å². The van der Waals surface area contributed by atoms with Gasteiger partial charge in [-0.05, 0) is 106 Å². The summed E-state index contributed by atoms with van der Waals surface area (Å²) in [5.74, 6) is -1.93. The number of hydrogen-bond donors (Lipinski definition) is 7. The number of nitrogens with two attached hydrogens (primary N) is 5. The Kier molecular flexibility index (Phi) is 14.1. The van der Waals surface area contributed by atoms with E-state index in [9.17, 15) is 33.9 Å². The van der Waals surface area contributed by atoms with Crippen molar-refractivity contribution in [1.82, 2.24) is 20.0 Å². The number of ether oxygens (including phenoxy) is 1. The SMILES string of the molecule is NC(=O)C1(c2ccccc2CNC(=O)[C@@H]2C[C@@H](O)CN2C(=O)OC(N)c2ccccc2C2(C(N)=O)CCC([C@H](N)C(=O)N3CCCC3)CC2)CCC([C@H](N)C(=O)N2CCCC2)CC1. The minimum Gasteiger partial charge on any atom is -0.426 e. The van der Waals surface area contributed by atoms with E-state index >= 15 is 0 Å². The summed E-state index contributed by atoms with van der Waals surface area (Å²) in [4.78, 5) is 85.3. The van der Waals surface area contributed by atoms with E-state index in [1.54, 1.807) is 30.3 Å². The van der Waals surface area contributed by atoms with Crippen LogP contribution in [0.3, 0.4) is 0 Å². The molecular weight excluding hydrogens is 807 g/mol. The smallest absolute Gasteiger partial charge is 0.412 e. The topological polar surface area (TPSA) is 284 Å². The zero-order valence-corrected chi connectivity index (χ0v) is 36.1. The van der Waals surface area contributed by atoms with Crippen LogP contribution in [0.25, 0.3) is 0 Å². The molecule has 6 amide bonds. The maximum absolute atomic E-state index is 13.9. The van der Waals surface area contributed by atoms with E-state index in [0.29, 0.717) is 99.8 Å². The van der Waals surface area contributed by atoms with Crippen LogP contribution in [0.15, 0.2) is 48.5 Å². The number of carbonyl (C=O) groups excluding carboxylic acids is 6. The first-order valence-electron chi connectivity index (χ1n) is 22.7. The van der Waals surface area contributed by atoms with Gasteiger partial charge in [0.05, 0.1) is 35.6 Å². The predicted molar refractivity (Wildman–Crippen MR) is 232 cm³/mol. The number of primary amides is 2. The third-order valence-electron chi connectivity index (χ3n) is 14.9. The fraction of sp³-hybridized carbons (Fsp3) is 0.609. The van der Waals surface area contributed by atoms with Gasteiger partial charge in [-0.3, -0.25) is 34.6 Å². The molecule has 5 aliphatic rings. The van der Waals surface area contributed by atoms with Crippen LogP contribution >= 0.6 is 0 Å². The number of hydrogen-bond acceptors (Lipinski definition) is 11. The number of amides is 6. The third kappa shape index (κ3) is 9.29. The van der Waals surface area contributed by atoms with Gasteiger partial charge in [-0.15, -0.1) is 0 Å². The summed E-state index contributed by atoms with van der Waals surface area (Å²) in [7, 11) is 0. The number of nitrogens with one attached hydrogen (secondary N) is 1. The Labute approximate surface area is 368 Å². The number of aliphatic hydroxyl groups is 1. The predicted octanol–water partition coefficient (Wildman–Crippen LogP) is 1.26. The second-order valence-corrected chi connectivity index (χ2v) is 18.5. The van der Waals surface area contributed by atoms with Gasteiger partial charge in [0.2, 0.25) is 29.5 Å². The first-order chi connectivity index (χ1) is 30.2. The zero-order valence-electron chi connectivity index (χ0n) is 36.1. The standard InChI is InChI=1S/C46H65N9O8/c47-36(40(58)53-21-5-6-22-53)28-13-17-45(18-14-28,42(50)60)33-11-3-1-9-30(33)26-52-39(57)35-25-31(56)27-55(35)44(62)63-38(49)32-10-2-4-12-34(32)46(43(51)61)19-15-29(16-20-46)37(48)41(59)54-23-7-8-24-54/h1-4,9-12,28-29,31,35-38,56H,5-8,13-27,47-49H2,(H2,50,60)(H2,51,61)(H,52,57)/t28?,29?,31-,35+,36+,37+,38?,45?,46?/m1/s1. The van der Waals surface area contributed by atoms with Crippen molar-refractivity contribution in [2.24, 2.45) is 40.5 Å². The van der Waals surface area contributed by atoms with Crippen molar-refractivity contribution in [3.8, 4) is 0 Å². The molecule has 12 N–H and O–H groups in total. The molecule has 17 nitrogen and oxygen atoms in total. The number of likely N-dealkylation sites (tertiary alicyclic amines) is 3. The van der Waals surface area contributed by atoms with Gasteiger partial charge in [-0.2, -0.15) is 0 Å². The maximum Gasteiger partial charge on any atom is 0.412 e. The minimum absolute atomic E-state index is 0.0101. The second-order valence-electron chi connectivity index (χ2n) is 18.5. The molecule has 0 bridgehead atoms. The fourth-order valence-corrected chi connectivity index (χ4v) is 11.1. The first-order valence-corrected chi connectivity index (χ1v) is 22.7. The molecule has 3 heterocycles. The van der Waals surface area contributed by atoms with Crippen molar-refractivity contribution >= 4 is 35.6 Å². The highest BCUT2D eigenvalue weighted by molar-refractivity contribution is 5.89. The lowest BCUT2D eigenvalue weighted by Gasteiger charge is -2.41. The summed E-state index contributed by atoms with van der Waals surface area (Å²) in [6.45, 7) is 2.66. The Morgan fingerprint density at radius 3 is 1.67 bits per heavy atom.